The topological polar surface area (TPSA) is 55.6 Å². The van der Waals surface area contributed by atoms with Crippen molar-refractivity contribution in [3.05, 3.63) is 41.4 Å². The summed E-state index contributed by atoms with van der Waals surface area (Å²) >= 11 is 7.93. The molecule has 1 amide bonds. The number of halogens is 1. The number of carbonyl (C=O) groups is 1. The second kappa shape index (κ2) is 9.60. The molecule has 1 saturated heterocycles. The third-order valence-corrected chi connectivity index (χ3v) is 6.02. The van der Waals surface area contributed by atoms with Gasteiger partial charge in [-0.05, 0) is 43.3 Å². The molecular formula is C20H25ClN2O2S. The van der Waals surface area contributed by atoms with Gasteiger partial charge in [-0.25, -0.2) is 0 Å². The Morgan fingerprint density at radius 2 is 1.96 bits per heavy atom. The highest BCUT2D eigenvalue weighted by molar-refractivity contribution is 8.00. The molecule has 0 aromatic heterocycles. The van der Waals surface area contributed by atoms with Crippen molar-refractivity contribution >= 4 is 40.0 Å². The maximum atomic E-state index is 12.6. The first kappa shape index (κ1) is 19.5. The first-order valence-corrected chi connectivity index (χ1v) is 10.4. The monoisotopic (exact) mass is 392 g/mol. The van der Waals surface area contributed by atoms with Gasteiger partial charge in [0.1, 0.15) is 0 Å². The van der Waals surface area contributed by atoms with Crippen LogP contribution in [0.15, 0.2) is 41.3 Å². The summed E-state index contributed by atoms with van der Waals surface area (Å²) in [6.45, 7) is 2.91. The molecule has 2 N–H and O–H groups in total. The summed E-state index contributed by atoms with van der Waals surface area (Å²) in [4.78, 5) is 15.6. The maximum Gasteiger partial charge on any atom is 0.232 e. The van der Waals surface area contributed by atoms with Crippen LogP contribution in [0.4, 0.5) is 0 Å². The second-order valence-corrected chi connectivity index (χ2v) is 7.90. The van der Waals surface area contributed by atoms with Gasteiger partial charge >= 0.3 is 0 Å². The molecule has 2 aromatic carbocycles. The van der Waals surface area contributed by atoms with Crippen molar-refractivity contribution in [3.8, 4) is 0 Å². The van der Waals surface area contributed by atoms with Crippen molar-refractivity contribution in [3.63, 3.8) is 0 Å². The Morgan fingerprint density at radius 1 is 1.23 bits per heavy atom. The van der Waals surface area contributed by atoms with E-state index in [0.717, 1.165) is 53.0 Å². The number of rotatable bonds is 7. The van der Waals surface area contributed by atoms with Gasteiger partial charge in [-0.1, -0.05) is 35.9 Å². The molecule has 1 fully saturated rings. The number of thioether (sulfide) groups is 1. The third-order valence-electron chi connectivity index (χ3n) is 4.66. The van der Waals surface area contributed by atoms with Gasteiger partial charge in [0.25, 0.3) is 0 Å². The van der Waals surface area contributed by atoms with Crippen LogP contribution in [-0.2, 0) is 9.53 Å². The number of carbonyl (C=O) groups excluding carboxylic acids is 1. The molecule has 0 spiro atoms. The largest absolute Gasteiger partial charge is 0.378 e. The van der Waals surface area contributed by atoms with Crippen LogP contribution in [0, 0.1) is 0 Å². The Labute approximate surface area is 164 Å². The van der Waals surface area contributed by atoms with Crippen LogP contribution in [0.5, 0.6) is 0 Å². The van der Waals surface area contributed by atoms with Crippen LogP contribution in [0.3, 0.4) is 0 Å². The predicted octanol–water partition coefficient (Wildman–Crippen LogP) is 3.94. The zero-order valence-corrected chi connectivity index (χ0v) is 16.4. The lowest BCUT2D eigenvalue weighted by atomic mass is 10.1. The molecule has 140 valence electrons. The van der Waals surface area contributed by atoms with Crippen molar-refractivity contribution in [2.75, 3.05) is 32.0 Å². The molecule has 4 nitrogen and oxygen atoms in total. The van der Waals surface area contributed by atoms with Crippen molar-refractivity contribution < 1.29 is 9.53 Å². The molecule has 0 unspecified atom stereocenters. The van der Waals surface area contributed by atoms with Gasteiger partial charge in [-0.3, -0.25) is 4.79 Å². The summed E-state index contributed by atoms with van der Waals surface area (Å²) in [6, 6.07) is 12.0. The van der Waals surface area contributed by atoms with E-state index in [1.807, 2.05) is 41.3 Å². The van der Waals surface area contributed by atoms with E-state index in [1.165, 1.54) is 0 Å². The SMILES string of the molecule is NCCCOC1CCN(C(=O)CSc2cccc3cccc(Cl)c23)CC1. The lowest BCUT2D eigenvalue weighted by Gasteiger charge is -2.32. The van der Waals surface area contributed by atoms with Gasteiger partial charge in [-0.15, -0.1) is 11.8 Å². The quantitative estimate of drug-likeness (QED) is 0.572. The summed E-state index contributed by atoms with van der Waals surface area (Å²) in [6.07, 6.45) is 2.96. The number of fused-ring (bicyclic) bond motifs is 1. The molecular weight excluding hydrogens is 368 g/mol. The second-order valence-electron chi connectivity index (χ2n) is 6.48. The molecule has 1 heterocycles. The van der Waals surface area contributed by atoms with Gasteiger partial charge in [0.05, 0.1) is 11.9 Å². The molecule has 0 radical (unpaired) electrons. The molecule has 26 heavy (non-hydrogen) atoms. The highest BCUT2D eigenvalue weighted by Gasteiger charge is 2.23. The van der Waals surface area contributed by atoms with Crippen molar-refractivity contribution in [2.24, 2.45) is 5.73 Å². The van der Waals surface area contributed by atoms with Crippen molar-refractivity contribution in [2.45, 2.75) is 30.3 Å². The first-order valence-electron chi connectivity index (χ1n) is 9.08. The fourth-order valence-electron chi connectivity index (χ4n) is 3.22. The Kier molecular flexibility index (Phi) is 7.20. The fraction of sp³-hybridized carbons (Fsp3) is 0.450. The number of benzene rings is 2. The van der Waals surface area contributed by atoms with E-state index in [9.17, 15) is 4.79 Å². The maximum absolute atomic E-state index is 12.6. The highest BCUT2D eigenvalue weighted by atomic mass is 35.5. The zero-order valence-electron chi connectivity index (χ0n) is 14.8. The Bertz CT molecular complexity index is 742. The van der Waals surface area contributed by atoms with E-state index < -0.39 is 0 Å². The lowest BCUT2D eigenvalue weighted by Crippen LogP contribution is -2.41. The highest BCUT2D eigenvalue weighted by Crippen LogP contribution is 2.33. The standard InChI is InChI=1S/C20H25ClN2O2S/c21-17-6-1-4-15-5-2-7-18(20(15)17)26-14-19(24)23-11-8-16(9-12-23)25-13-3-10-22/h1-2,4-7,16H,3,8-14,22H2. The number of amides is 1. The van der Waals surface area contributed by atoms with Crippen LogP contribution in [0.1, 0.15) is 19.3 Å². The summed E-state index contributed by atoms with van der Waals surface area (Å²) < 4.78 is 5.80. The molecule has 1 aliphatic heterocycles. The summed E-state index contributed by atoms with van der Waals surface area (Å²) in [5.74, 6) is 0.614. The number of hydrogen-bond donors (Lipinski definition) is 1. The fourth-order valence-corrected chi connectivity index (χ4v) is 4.57. The molecule has 0 bridgehead atoms. The third kappa shape index (κ3) is 4.92. The van der Waals surface area contributed by atoms with E-state index in [-0.39, 0.29) is 12.0 Å². The van der Waals surface area contributed by atoms with Crippen molar-refractivity contribution in [1.29, 1.82) is 0 Å². The minimum atomic E-state index is 0.180. The molecule has 2 aromatic rings. The molecule has 1 aliphatic rings. The van der Waals surface area contributed by atoms with Crippen LogP contribution in [0.2, 0.25) is 5.02 Å². The Morgan fingerprint density at radius 3 is 2.69 bits per heavy atom. The molecule has 0 atom stereocenters. The Balaban J connectivity index is 1.52. The van der Waals surface area contributed by atoms with Crippen LogP contribution < -0.4 is 5.73 Å². The smallest absolute Gasteiger partial charge is 0.232 e. The van der Waals surface area contributed by atoms with Gasteiger partial charge in [-0.2, -0.15) is 0 Å². The predicted molar refractivity (Wildman–Crippen MR) is 109 cm³/mol. The van der Waals surface area contributed by atoms with E-state index in [4.69, 9.17) is 22.1 Å². The zero-order chi connectivity index (χ0) is 18.4. The van der Waals surface area contributed by atoms with E-state index in [1.54, 1.807) is 11.8 Å². The van der Waals surface area contributed by atoms with Crippen LogP contribution in [0.25, 0.3) is 10.8 Å². The summed E-state index contributed by atoms with van der Waals surface area (Å²) in [5.41, 5.74) is 5.49. The summed E-state index contributed by atoms with van der Waals surface area (Å²) in [7, 11) is 0. The minimum absolute atomic E-state index is 0.180. The molecule has 6 heteroatoms. The van der Waals surface area contributed by atoms with Crippen LogP contribution >= 0.6 is 23.4 Å². The average Bonchev–Trinajstić information content (AvgIpc) is 2.67. The van der Waals surface area contributed by atoms with Gasteiger partial charge < -0.3 is 15.4 Å². The first-order chi connectivity index (χ1) is 12.7. The van der Waals surface area contributed by atoms with E-state index in [0.29, 0.717) is 18.9 Å². The van der Waals surface area contributed by atoms with E-state index in [2.05, 4.69) is 0 Å². The van der Waals surface area contributed by atoms with E-state index >= 15 is 0 Å². The Hall–Kier alpha value is -1.27. The van der Waals surface area contributed by atoms with Gasteiger partial charge in [0, 0.05) is 35.0 Å². The average molecular weight is 393 g/mol. The number of ether oxygens (including phenoxy) is 1. The number of likely N-dealkylation sites (tertiary alicyclic amines) is 1. The number of piperidine rings is 1. The van der Waals surface area contributed by atoms with Crippen LogP contribution in [-0.4, -0.2) is 48.9 Å². The lowest BCUT2D eigenvalue weighted by molar-refractivity contribution is -0.130. The number of nitrogens with two attached hydrogens (primary N) is 1. The van der Waals surface area contributed by atoms with Crippen molar-refractivity contribution in [1.82, 2.24) is 4.90 Å². The number of nitrogens with zero attached hydrogens (tertiary/aromatic N) is 1. The summed E-state index contributed by atoms with van der Waals surface area (Å²) in [5, 5.41) is 2.86. The molecule has 3 rings (SSSR count). The molecule has 0 saturated carbocycles. The van der Waals surface area contributed by atoms with Gasteiger partial charge in [0.15, 0.2) is 0 Å². The minimum Gasteiger partial charge on any atom is -0.378 e. The van der Waals surface area contributed by atoms with Gasteiger partial charge in [0.2, 0.25) is 5.91 Å². The molecule has 0 aliphatic carbocycles. The normalized spacial score (nSPS) is 15.5. The number of hydrogen-bond acceptors (Lipinski definition) is 4.